The van der Waals surface area contributed by atoms with Crippen molar-refractivity contribution in [1.29, 1.82) is 0 Å². The summed E-state index contributed by atoms with van der Waals surface area (Å²) in [6.45, 7) is 1.99. The summed E-state index contributed by atoms with van der Waals surface area (Å²) >= 11 is 6.24. The number of fused-ring (bicyclic) bond motifs is 1. The zero-order valence-electron chi connectivity index (χ0n) is 17.5. The Balaban J connectivity index is 1.30. The third-order valence-corrected chi connectivity index (χ3v) is 7.44. The molecule has 0 aliphatic carbocycles. The summed E-state index contributed by atoms with van der Waals surface area (Å²) < 4.78 is 2.94. The Morgan fingerprint density at radius 1 is 1.18 bits per heavy atom. The highest BCUT2D eigenvalue weighted by Crippen LogP contribution is 2.27. The number of aryl methyl sites for hydroxylation is 1. The number of aromatic nitrogens is 2. The average Bonchev–Trinajstić information content (AvgIpc) is 3.49. The summed E-state index contributed by atoms with van der Waals surface area (Å²) in [4.78, 5) is 32.0. The number of nitrogens with one attached hydrogen (secondary N) is 1. The van der Waals surface area contributed by atoms with Crippen LogP contribution in [0.5, 0.6) is 0 Å². The first-order valence-corrected chi connectivity index (χ1v) is 12.7. The Kier molecular flexibility index (Phi) is 6.05. The molecule has 0 unspecified atom stereocenters. The van der Waals surface area contributed by atoms with E-state index in [1.807, 2.05) is 71.4 Å². The molecule has 0 spiro atoms. The predicted molar refractivity (Wildman–Crippen MR) is 137 cm³/mol. The van der Waals surface area contributed by atoms with Crippen LogP contribution in [0.15, 0.2) is 69.7 Å². The van der Waals surface area contributed by atoms with Crippen molar-refractivity contribution in [2.24, 2.45) is 5.10 Å². The molecular weight excluding hydrogens is 522 g/mol. The number of imidazole rings is 1. The average molecular weight is 540 g/mol. The summed E-state index contributed by atoms with van der Waals surface area (Å²) in [5, 5.41) is 6.62. The summed E-state index contributed by atoms with van der Waals surface area (Å²) in [7, 11) is 0. The smallest absolute Gasteiger partial charge is 0.246 e. The van der Waals surface area contributed by atoms with Crippen LogP contribution in [0.4, 0.5) is 5.69 Å². The van der Waals surface area contributed by atoms with Crippen LogP contribution in [0, 0.1) is 6.92 Å². The lowest BCUT2D eigenvalue weighted by molar-refractivity contribution is -0.120. The van der Waals surface area contributed by atoms with Gasteiger partial charge >= 0.3 is 0 Å². The molecule has 5 rings (SSSR count). The Morgan fingerprint density at radius 2 is 1.94 bits per heavy atom. The van der Waals surface area contributed by atoms with E-state index in [1.54, 1.807) is 0 Å². The molecule has 0 bridgehead atoms. The fourth-order valence-corrected chi connectivity index (χ4v) is 5.39. The van der Waals surface area contributed by atoms with Gasteiger partial charge in [-0.05, 0) is 31.2 Å². The van der Waals surface area contributed by atoms with Gasteiger partial charge in [-0.2, -0.15) is 0 Å². The molecule has 166 valence electrons. The van der Waals surface area contributed by atoms with Crippen molar-refractivity contribution in [2.75, 3.05) is 10.7 Å². The SMILES string of the molecule is Cc1ccc(N2C(=O)CS/C2=N/NC(=O)Cc2csc3nc(-c4ccc(Br)cc4)cn23)cc1. The van der Waals surface area contributed by atoms with Gasteiger partial charge in [-0.3, -0.25) is 18.9 Å². The topological polar surface area (TPSA) is 79.1 Å². The number of halogens is 1. The van der Waals surface area contributed by atoms with E-state index in [-0.39, 0.29) is 18.2 Å². The molecule has 1 aliphatic heterocycles. The van der Waals surface area contributed by atoms with Gasteiger partial charge in [0, 0.05) is 27.3 Å². The molecular formula is C23H18BrN5O2S2. The highest BCUT2D eigenvalue weighted by molar-refractivity contribution is 9.10. The second-order valence-electron chi connectivity index (χ2n) is 7.47. The van der Waals surface area contributed by atoms with Crippen molar-refractivity contribution in [1.82, 2.24) is 14.8 Å². The third kappa shape index (κ3) is 4.59. The quantitative estimate of drug-likeness (QED) is 0.368. The Hall–Kier alpha value is -2.95. The number of hydrazone groups is 1. The number of anilines is 1. The highest BCUT2D eigenvalue weighted by Gasteiger charge is 2.30. The molecule has 2 aromatic carbocycles. The van der Waals surface area contributed by atoms with Crippen molar-refractivity contribution in [3.63, 3.8) is 0 Å². The minimum atomic E-state index is -0.259. The maximum Gasteiger partial charge on any atom is 0.246 e. The molecule has 10 heteroatoms. The van der Waals surface area contributed by atoms with Gasteiger partial charge in [-0.25, -0.2) is 10.4 Å². The van der Waals surface area contributed by atoms with Crippen molar-refractivity contribution in [3.05, 3.63) is 75.8 Å². The Bertz CT molecular complexity index is 1380. The summed E-state index contributed by atoms with van der Waals surface area (Å²) in [6.07, 6.45) is 2.09. The zero-order chi connectivity index (χ0) is 22.9. The van der Waals surface area contributed by atoms with Gasteiger partial charge in [0.2, 0.25) is 11.8 Å². The summed E-state index contributed by atoms with van der Waals surface area (Å²) in [6, 6.07) is 15.6. The lowest BCUT2D eigenvalue weighted by Gasteiger charge is -2.16. The fraction of sp³-hybridized carbons (Fsp3) is 0.130. The van der Waals surface area contributed by atoms with Crippen molar-refractivity contribution >= 4 is 66.7 Å². The molecule has 1 fully saturated rings. The molecule has 0 atom stereocenters. The van der Waals surface area contributed by atoms with E-state index in [4.69, 9.17) is 0 Å². The molecule has 0 saturated carbocycles. The number of hydrogen-bond donors (Lipinski definition) is 1. The summed E-state index contributed by atoms with van der Waals surface area (Å²) in [5.41, 5.74) is 7.14. The van der Waals surface area contributed by atoms with Crippen LogP contribution in [0.2, 0.25) is 0 Å². The van der Waals surface area contributed by atoms with Crippen LogP contribution >= 0.6 is 39.0 Å². The normalized spacial score (nSPS) is 15.0. The maximum absolute atomic E-state index is 12.6. The van der Waals surface area contributed by atoms with Crippen LogP contribution in [0.25, 0.3) is 16.2 Å². The number of carbonyl (C=O) groups is 2. The molecule has 7 nitrogen and oxygen atoms in total. The Morgan fingerprint density at radius 3 is 2.70 bits per heavy atom. The summed E-state index contributed by atoms with van der Waals surface area (Å²) in [5.74, 6) is -0.0260. The lowest BCUT2D eigenvalue weighted by Crippen LogP contribution is -2.31. The Labute approximate surface area is 206 Å². The van der Waals surface area contributed by atoms with Gasteiger partial charge in [-0.15, -0.1) is 16.4 Å². The maximum atomic E-state index is 12.6. The first kappa shape index (κ1) is 21.9. The van der Waals surface area contributed by atoms with Crippen molar-refractivity contribution < 1.29 is 9.59 Å². The molecule has 0 radical (unpaired) electrons. The standard InChI is InChI=1S/C23H18BrN5O2S2/c1-14-2-8-17(9-3-14)29-21(31)13-33-23(29)27-26-20(30)10-18-12-32-22-25-19(11-28(18)22)15-4-6-16(24)7-5-15/h2-9,11-12H,10,13H2,1H3,(H,26,30)/b27-23+. The number of hydrogen-bond acceptors (Lipinski definition) is 6. The van der Waals surface area contributed by atoms with Crippen LogP contribution < -0.4 is 10.3 Å². The van der Waals surface area contributed by atoms with Crippen molar-refractivity contribution in [2.45, 2.75) is 13.3 Å². The first-order chi connectivity index (χ1) is 16.0. The third-order valence-electron chi connectivity index (χ3n) is 5.10. The number of carbonyl (C=O) groups excluding carboxylic acids is 2. The number of nitrogens with zero attached hydrogens (tertiary/aromatic N) is 4. The van der Waals surface area contributed by atoms with Crippen LogP contribution in [-0.4, -0.2) is 32.1 Å². The minimum Gasteiger partial charge on any atom is -0.294 e. The molecule has 1 aliphatic rings. The largest absolute Gasteiger partial charge is 0.294 e. The number of amidine groups is 1. The van der Waals surface area contributed by atoms with Gasteiger partial charge in [0.1, 0.15) is 0 Å². The number of benzene rings is 2. The van der Waals surface area contributed by atoms with E-state index >= 15 is 0 Å². The van der Waals surface area contributed by atoms with E-state index < -0.39 is 0 Å². The van der Waals surface area contributed by atoms with Gasteiger partial charge in [-0.1, -0.05) is 57.5 Å². The predicted octanol–water partition coefficient (Wildman–Crippen LogP) is 4.84. The molecule has 1 N–H and O–H groups in total. The molecule has 4 aromatic rings. The first-order valence-electron chi connectivity index (χ1n) is 10.1. The molecule has 2 aromatic heterocycles. The van der Waals surface area contributed by atoms with Gasteiger partial charge in [0.25, 0.3) is 0 Å². The fourth-order valence-electron chi connectivity index (χ4n) is 3.42. The second-order valence-corrected chi connectivity index (χ2v) is 10.2. The number of amides is 2. The monoisotopic (exact) mass is 539 g/mol. The van der Waals surface area contributed by atoms with Gasteiger partial charge in [0.15, 0.2) is 10.1 Å². The van der Waals surface area contributed by atoms with E-state index in [2.05, 4.69) is 31.4 Å². The van der Waals surface area contributed by atoms with E-state index in [1.165, 1.54) is 28.0 Å². The van der Waals surface area contributed by atoms with Crippen LogP contribution in [-0.2, 0) is 16.0 Å². The molecule has 1 saturated heterocycles. The van der Waals surface area contributed by atoms with E-state index in [0.29, 0.717) is 10.9 Å². The van der Waals surface area contributed by atoms with E-state index in [9.17, 15) is 9.59 Å². The highest BCUT2D eigenvalue weighted by atomic mass is 79.9. The number of thiazole rings is 1. The van der Waals surface area contributed by atoms with Crippen LogP contribution in [0.1, 0.15) is 11.3 Å². The lowest BCUT2D eigenvalue weighted by atomic mass is 10.2. The minimum absolute atomic E-state index is 0.0599. The van der Waals surface area contributed by atoms with Gasteiger partial charge < -0.3 is 0 Å². The molecule has 2 amide bonds. The number of rotatable bonds is 5. The molecule has 33 heavy (non-hydrogen) atoms. The van der Waals surface area contributed by atoms with Gasteiger partial charge in [0.05, 0.1) is 23.6 Å². The zero-order valence-corrected chi connectivity index (χ0v) is 20.7. The van der Waals surface area contributed by atoms with E-state index in [0.717, 1.165) is 37.6 Å². The number of thioether (sulfide) groups is 1. The molecule has 3 heterocycles. The van der Waals surface area contributed by atoms with Crippen molar-refractivity contribution in [3.8, 4) is 11.3 Å². The second kappa shape index (κ2) is 9.12. The van der Waals surface area contributed by atoms with Crippen LogP contribution in [0.3, 0.4) is 0 Å².